The lowest BCUT2D eigenvalue weighted by Gasteiger charge is -2.26. The minimum atomic E-state index is -1.53. The summed E-state index contributed by atoms with van der Waals surface area (Å²) in [5.41, 5.74) is -0.197. The Labute approximate surface area is 143 Å². The molecule has 2 heterocycles. The van der Waals surface area contributed by atoms with Crippen molar-refractivity contribution in [2.75, 3.05) is 50.0 Å². The molecule has 25 heavy (non-hydrogen) atoms. The van der Waals surface area contributed by atoms with E-state index in [4.69, 9.17) is 4.74 Å². The van der Waals surface area contributed by atoms with E-state index in [0.29, 0.717) is 12.4 Å². The maximum Gasteiger partial charge on any atom is 0.196 e. The average Bonchev–Trinajstić information content (AvgIpc) is 2.64. The fourth-order valence-corrected chi connectivity index (χ4v) is 2.45. The van der Waals surface area contributed by atoms with Gasteiger partial charge in [-0.25, -0.2) is 23.1 Å². The van der Waals surface area contributed by atoms with Crippen LogP contribution in [0.3, 0.4) is 0 Å². The number of ether oxygens (including phenoxy) is 1. The first-order valence-corrected chi connectivity index (χ1v) is 7.90. The smallest absolute Gasteiger partial charge is 0.196 e. The summed E-state index contributed by atoms with van der Waals surface area (Å²) in [7, 11) is 0. The first-order valence-electron chi connectivity index (χ1n) is 7.90. The zero-order valence-electron chi connectivity index (χ0n) is 13.4. The molecule has 0 saturated carbocycles. The number of benzene rings is 1. The molecule has 0 spiro atoms. The van der Waals surface area contributed by atoms with Crippen molar-refractivity contribution in [3.63, 3.8) is 0 Å². The Hall–Kier alpha value is -2.39. The molecular weight excluding hydrogens is 335 g/mol. The Morgan fingerprint density at radius 2 is 1.80 bits per heavy atom. The van der Waals surface area contributed by atoms with E-state index in [1.807, 2.05) is 0 Å². The van der Waals surface area contributed by atoms with Crippen LogP contribution in [0.25, 0.3) is 0 Å². The van der Waals surface area contributed by atoms with Gasteiger partial charge in [0.05, 0.1) is 18.9 Å². The summed E-state index contributed by atoms with van der Waals surface area (Å²) >= 11 is 0. The lowest BCUT2D eigenvalue weighted by molar-refractivity contribution is 0.0398. The van der Waals surface area contributed by atoms with Crippen LogP contribution in [0.2, 0.25) is 0 Å². The van der Waals surface area contributed by atoms with Crippen molar-refractivity contribution in [3.05, 3.63) is 42.0 Å². The lowest BCUT2D eigenvalue weighted by Crippen LogP contribution is -2.39. The zero-order chi connectivity index (χ0) is 17.6. The molecule has 2 N–H and O–H groups in total. The third-order valence-corrected chi connectivity index (χ3v) is 3.80. The molecule has 1 saturated heterocycles. The predicted octanol–water partition coefficient (Wildman–Crippen LogP) is 2.38. The Kier molecular flexibility index (Phi) is 5.67. The second-order valence-corrected chi connectivity index (χ2v) is 5.52. The van der Waals surface area contributed by atoms with Crippen LogP contribution in [0.5, 0.6) is 0 Å². The molecule has 0 bridgehead atoms. The van der Waals surface area contributed by atoms with Gasteiger partial charge in [-0.05, 0) is 12.1 Å². The largest absolute Gasteiger partial charge is 0.379 e. The molecule has 1 aromatic carbocycles. The number of hydrogen-bond acceptors (Lipinski definition) is 6. The Morgan fingerprint density at radius 3 is 2.60 bits per heavy atom. The molecule has 0 aliphatic carbocycles. The van der Waals surface area contributed by atoms with E-state index in [2.05, 4.69) is 25.5 Å². The fraction of sp³-hybridized carbons (Fsp3) is 0.375. The van der Waals surface area contributed by atoms with Gasteiger partial charge in [0.1, 0.15) is 18.0 Å². The predicted molar refractivity (Wildman–Crippen MR) is 87.4 cm³/mol. The monoisotopic (exact) mass is 353 g/mol. The van der Waals surface area contributed by atoms with Crippen molar-refractivity contribution in [2.45, 2.75) is 0 Å². The van der Waals surface area contributed by atoms with E-state index in [1.54, 1.807) is 6.07 Å². The highest BCUT2D eigenvalue weighted by Gasteiger charge is 2.14. The molecule has 1 aliphatic rings. The van der Waals surface area contributed by atoms with E-state index in [-0.39, 0.29) is 11.5 Å². The van der Waals surface area contributed by atoms with Gasteiger partial charge in [-0.3, -0.25) is 4.90 Å². The number of hydrogen-bond donors (Lipinski definition) is 2. The molecule has 0 amide bonds. The van der Waals surface area contributed by atoms with E-state index < -0.39 is 17.5 Å². The standard InChI is InChI=1S/C16H18F3N5O/c17-11-1-2-12(16(19)15(11)18)23-14-9-13(21-10-22-14)20-3-4-24-5-7-25-8-6-24/h1-2,9-10H,3-8H2,(H2,20,21,22,23). The van der Waals surface area contributed by atoms with Crippen molar-refractivity contribution in [1.82, 2.24) is 14.9 Å². The maximum atomic E-state index is 13.7. The SMILES string of the molecule is Fc1ccc(Nc2cc(NCCN3CCOCC3)ncn2)c(F)c1F. The Morgan fingerprint density at radius 1 is 1.04 bits per heavy atom. The van der Waals surface area contributed by atoms with E-state index in [9.17, 15) is 13.2 Å². The van der Waals surface area contributed by atoms with Crippen LogP contribution in [0, 0.1) is 17.5 Å². The van der Waals surface area contributed by atoms with Crippen LogP contribution in [0.1, 0.15) is 0 Å². The number of halogens is 3. The molecule has 1 aliphatic heterocycles. The van der Waals surface area contributed by atoms with Crippen molar-refractivity contribution >= 4 is 17.3 Å². The molecule has 1 fully saturated rings. The first-order chi connectivity index (χ1) is 12.1. The average molecular weight is 353 g/mol. The minimum Gasteiger partial charge on any atom is -0.379 e. The molecular formula is C16H18F3N5O. The lowest BCUT2D eigenvalue weighted by atomic mass is 10.3. The molecule has 6 nitrogen and oxygen atoms in total. The molecule has 0 atom stereocenters. The second-order valence-electron chi connectivity index (χ2n) is 5.52. The van der Waals surface area contributed by atoms with Crippen LogP contribution in [0.15, 0.2) is 24.5 Å². The van der Waals surface area contributed by atoms with Crippen molar-refractivity contribution in [1.29, 1.82) is 0 Å². The molecule has 1 aromatic heterocycles. The molecule has 0 unspecified atom stereocenters. The van der Waals surface area contributed by atoms with E-state index in [0.717, 1.165) is 45.0 Å². The second kappa shape index (κ2) is 8.13. The minimum absolute atomic E-state index is 0.197. The van der Waals surface area contributed by atoms with Gasteiger partial charge in [0.15, 0.2) is 17.5 Å². The third-order valence-electron chi connectivity index (χ3n) is 3.80. The normalized spacial score (nSPS) is 15.2. The molecule has 0 radical (unpaired) electrons. The van der Waals surface area contributed by atoms with E-state index >= 15 is 0 Å². The molecule has 9 heteroatoms. The van der Waals surface area contributed by atoms with Gasteiger partial charge in [0.2, 0.25) is 0 Å². The summed E-state index contributed by atoms with van der Waals surface area (Å²) < 4.78 is 45.2. The van der Waals surface area contributed by atoms with Gasteiger partial charge in [-0.2, -0.15) is 0 Å². The van der Waals surface area contributed by atoms with E-state index in [1.165, 1.54) is 6.33 Å². The van der Waals surface area contributed by atoms with Gasteiger partial charge in [0.25, 0.3) is 0 Å². The Balaban J connectivity index is 1.58. The molecule has 2 aromatic rings. The van der Waals surface area contributed by atoms with Gasteiger partial charge >= 0.3 is 0 Å². The van der Waals surface area contributed by atoms with Crippen LogP contribution in [0.4, 0.5) is 30.5 Å². The fourth-order valence-electron chi connectivity index (χ4n) is 2.45. The first kappa shape index (κ1) is 17.4. The highest BCUT2D eigenvalue weighted by atomic mass is 19.2. The van der Waals surface area contributed by atoms with Crippen LogP contribution < -0.4 is 10.6 Å². The number of rotatable bonds is 6. The molecule has 134 valence electrons. The van der Waals surface area contributed by atoms with Gasteiger partial charge < -0.3 is 15.4 Å². The van der Waals surface area contributed by atoms with Crippen molar-refractivity contribution in [2.24, 2.45) is 0 Å². The van der Waals surface area contributed by atoms with Gasteiger partial charge in [-0.1, -0.05) is 0 Å². The highest BCUT2D eigenvalue weighted by molar-refractivity contribution is 5.59. The summed E-state index contributed by atoms with van der Waals surface area (Å²) in [5, 5.41) is 5.77. The summed E-state index contributed by atoms with van der Waals surface area (Å²) in [4.78, 5) is 10.3. The zero-order valence-corrected chi connectivity index (χ0v) is 13.4. The van der Waals surface area contributed by atoms with Gasteiger partial charge in [0, 0.05) is 32.2 Å². The number of morpholine rings is 1. The van der Waals surface area contributed by atoms with Crippen molar-refractivity contribution < 1.29 is 17.9 Å². The number of nitrogens with one attached hydrogen (secondary N) is 2. The number of nitrogens with zero attached hydrogens (tertiary/aromatic N) is 3. The van der Waals surface area contributed by atoms with Crippen LogP contribution in [-0.2, 0) is 4.74 Å². The number of aromatic nitrogens is 2. The highest BCUT2D eigenvalue weighted by Crippen LogP contribution is 2.23. The van der Waals surface area contributed by atoms with Crippen LogP contribution >= 0.6 is 0 Å². The molecule has 3 rings (SSSR count). The van der Waals surface area contributed by atoms with Crippen molar-refractivity contribution in [3.8, 4) is 0 Å². The third kappa shape index (κ3) is 4.58. The quantitative estimate of drug-likeness (QED) is 0.778. The summed E-state index contributed by atoms with van der Waals surface area (Å²) in [6.45, 7) is 4.79. The summed E-state index contributed by atoms with van der Waals surface area (Å²) in [6.07, 6.45) is 1.30. The van der Waals surface area contributed by atoms with Gasteiger partial charge in [-0.15, -0.1) is 0 Å². The summed E-state index contributed by atoms with van der Waals surface area (Å²) in [5.74, 6) is -3.23. The topological polar surface area (TPSA) is 62.3 Å². The number of anilines is 3. The Bertz CT molecular complexity index is 725. The summed E-state index contributed by atoms with van der Waals surface area (Å²) in [6, 6.07) is 3.53. The maximum absolute atomic E-state index is 13.7. The van der Waals surface area contributed by atoms with Crippen LogP contribution in [-0.4, -0.2) is 54.3 Å².